The van der Waals surface area contributed by atoms with Crippen LogP contribution in [0.15, 0.2) is 54.1 Å². The fourth-order valence-electron chi connectivity index (χ4n) is 6.59. The lowest BCUT2D eigenvalue weighted by atomic mass is 9.72. The zero-order valence-corrected chi connectivity index (χ0v) is 27.8. The summed E-state index contributed by atoms with van der Waals surface area (Å²) in [5.74, 6) is 0.0155. The lowest BCUT2D eigenvalue weighted by Gasteiger charge is -2.36. The van der Waals surface area contributed by atoms with Crippen molar-refractivity contribution >= 4 is 17.6 Å². The van der Waals surface area contributed by atoms with E-state index in [-0.39, 0.29) is 29.3 Å². The number of methoxy groups -OCH3 is 2. The van der Waals surface area contributed by atoms with E-state index in [2.05, 4.69) is 18.8 Å². The second-order valence-corrected chi connectivity index (χ2v) is 13.2. The maximum atomic E-state index is 13.6. The van der Waals surface area contributed by atoms with E-state index in [1.54, 1.807) is 26.0 Å². The molecule has 0 spiro atoms. The highest BCUT2D eigenvalue weighted by Gasteiger charge is 2.44. The second kappa shape index (κ2) is 13.1. The third-order valence-corrected chi connectivity index (χ3v) is 9.18. The summed E-state index contributed by atoms with van der Waals surface area (Å²) >= 11 is 0. The first-order chi connectivity index (χ1) is 22.8. The van der Waals surface area contributed by atoms with E-state index < -0.39 is 47.7 Å². The minimum absolute atomic E-state index is 0.0438. The van der Waals surface area contributed by atoms with E-state index in [4.69, 9.17) is 14.2 Å². The number of esters is 1. The maximum Gasteiger partial charge on any atom is 0.416 e. The summed E-state index contributed by atoms with van der Waals surface area (Å²) in [5, 5.41) is 0. The molecule has 2 atom stereocenters. The van der Waals surface area contributed by atoms with Crippen molar-refractivity contribution in [1.29, 1.82) is 0 Å². The fraction of sp³-hybridized carbons (Fsp3) is 0.417. The summed E-state index contributed by atoms with van der Waals surface area (Å²) in [4.78, 5) is 31.0. The number of hydrogen-bond donors (Lipinski definition) is 0. The van der Waals surface area contributed by atoms with Crippen molar-refractivity contribution in [3.05, 3.63) is 87.7 Å². The van der Waals surface area contributed by atoms with Crippen molar-refractivity contribution in [2.75, 3.05) is 20.8 Å². The summed E-state index contributed by atoms with van der Waals surface area (Å²) in [5.41, 5.74) is 1.38. The monoisotopic (exact) mass is 690 g/mol. The molecule has 0 N–H and O–H groups in total. The molecule has 0 saturated carbocycles. The topological polar surface area (TPSA) is 78.0 Å². The summed E-state index contributed by atoms with van der Waals surface area (Å²) < 4.78 is 97.7. The van der Waals surface area contributed by atoms with Gasteiger partial charge in [-0.15, -0.1) is 0 Å². The molecule has 0 bridgehead atoms. The quantitative estimate of drug-likeness (QED) is 0.182. The zero-order chi connectivity index (χ0) is 36.1. The highest BCUT2D eigenvalue weighted by atomic mass is 19.4. The number of ether oxygens (including phenoxy) is 3. The lowest BCUT2D eigenvalue weighted by Crippen LogP contribution is -2.35. The van der Waals surface area contributed by atoms with Gasteiger partial charge in [-0.1, -0.05) is 26.0 Å². The fourth-order valence-corrected chi connectivity index (χ4v) is 6.59. The molecule has 0 radical (unpaired) electrons. The number of aryl methyl sites for hydroxylation is 1. The van der Waals surface area contributed by atoms with Gasteiger partial charge in [-0.25, -0.2) is 14.6 Å². The Morgan fingerprint density at radius 1 is 0.980 bits per heavy atom. The third kappa shape index (κ3) is 7.40. The van der Waals surface area contributed by atoms with Crippen molar-refractivity contribution in [2.24, 2.45) is 5.41 Å². The van der Waals surface area contributed by atoms with Gasteiger partial charge >= 0.3 is 24.4 Å². The van der Waals surface area contributed by atoms with Crippen molar-refractivity contribution in [2.45, 2.75) is 71.5 Å². The summed E-state index contributed by atoms with van der Waals surface area (Å²) in [6.07, 6.45) is -10.3. The van der Waals surface area contributed by atoms with Crippen LogP contribution in [0, 0.1) is 12.3 Å². The number of hydrogen-bond acceptors (Lipinski definition) is 6. The van der Waals surface area contributed by atoms with Gasteiger partial charge in [0.1, 0.15) is 17.5 Å². The van der Waals surface area contributed by atoms with Gasteiger partial charge in [-0.3, -0.25) is 4.90 Å². The number of halogens is 6. The number of benzene rings is 2. The molecule has 1 unspecified atom stereocenters. The van der Waals surface area contributed by atoms with E-state index in [0.717, 1.165) is 34.3 Å². The van der Waals surface area contributed by atoms with Crippen LogP contribution in [0.25, 0.3) is 16.7 Å². The average Bonchev–Trinajstić information content (AvgIpc) is 3.31. The van der Waals surface area contributed by atoms with Gasteiger partial charge in [0, 0.05) is 23.4 Å². The van der Waals surface area contributed by atoms with Crippen LogP contribution in [0.1, 0.15) is 84.6 Å². The number of pyridine rings is 1. The summed E-state index contributed by atoms with van der Waals surface area (Å²) in [7, 11) is 2.82. The Morgan fingerprint density at radius 3 is 2.20 bits per heavy atom. The Labute approximate surface area is 279 Å². The number of rotatable bonds is 7. The van der Waals surface area contributed by atoms with E-state index >= 15 is 0 Å². The van der Waals surface area contributed by atoms with Crippen molar-refractivity contribution < 1.29 is 50.1 Å². The van der Waals surface area contributed by atoms with Gasteiger partial charge in [0.05, 0.1) is 31.4 Å². The van der Waals surface area contributed by atoms with Gasteiger partial charge in [0.15, 0.2) is 0 Å². The molecule has 1 amide bonds. The minimum Gasteiger partial charge on any atom is -0.496 e. The number of carbonyl (C=O) groups is 2. The minimum atomic E-state index is -5.04. The Balaban J connectivity index is 1.54. The Bertz CT molecular complexity index is 1780. The van der Waals surface area contributed by atoms with Crippen molar-refractivity contribution in [1.82, 2.24) is 9.88 Å². The summed E-state index contributed by atoms with van der Waals surface area (Å²) in [6, 6.07) is 9.36. The first-order valence-corrected chi connectivity index (χ1v) is 15.5. The molecular weight excluding hydrogens is 654 g/mol. The molecule has 1 aliphatic carbocycles. The number of carbonyl (C=O) groups excluding carboxylic acids is 2. The molecule has 2 aliphatic rings. The molecule has 2 heterocycles. The molecule has 1 aliphatic heterocycles. The largest absolute Gasteiger partial charge is 0.496 e. The van der Waals surface area contributed by atoms with Crippen LogP contribution in [0.2, 0.25) is 0 Å². The molecule has 2 aromatic carbocycles. The molecular formula is C36H36F6N2O5. The van der Waals surface area contributed by atoms with Crippen LogP contribution in [-0.2, 0) is 21.8 Å². The standard InChI is InChI=1S/C36H36F6N2O5/c1-19-26(8-9-29(43-19)32(45)48-6)21-7-10-30(47-5)28(15-21)27-11-12-34(3,4)17-23(27)18-44-20(2)31(49-33(44)46)22-13-24(35(37,38)39)16-25(14-22)36(40,41)42/h7-10,13-16,20,31H,11-12,17-18H2,1-6H3/t20?,31-/m0/s1. The smallest absolute Gasteiger partial charge is 0.416 e. The zero-order valence-electron chi connectivity index (χ0n) is 27.8. The van der Waals surface area contributed by atoms with Gasteiger partial charge < -0.3 is 14.2 Å². The molecule has 49 heavy (non-hydrogen) atoms. The first kappa shape index (κ1) is 35.7. The van der Waals surface area contributed by atoms with Gasteiger partial charge in [-0.05, 0) is 97.2 Å². The Hall–Kier alpha value is -4.55. The molecule has 7 nitrogen and oxygen atoms in total. The van der Waals surface area contributed by atoms with Crippen molar-refractivity contribution in [3.8, 4) is 16.9 Å². The van der Waals surface area contributed by atoms with E-state index in [9.17, 15) is 35.9 Å². The normalized spacial score (nSPS) is 19.6. The van der Waals surface area contributed by atoms with E-state index in [1.807, 2.05) is 18.2 Å². The third-order valence-electron chi connectivity index (χ3n) is 9.18. The van der Waals surface area contributed by atoms with Crippen LogP contribution in [0.4, 0.5) is 31.1 Å². The molecule has 13 heteroatoms. The maximum absolute atomic E-state index is 13.6. The number of alkyl halides is 6. The number of aromatic nitrogens is 1. The van der Waals surface area contributed by atoms with E-state index in [1.165, 1.54) is 19.1 Å². The summed E-state index contributed by atoms with van der Waals surface area (Å²) in [6.45, 7) is 7.54. The molecule has 1 fully saturated rings. The first-order valence-electron chi connectivity index (χ1n) is 15.5. The van der Waals surface area contributed by atoms with Gasteiger partial charge in [0.2, 0.25) is 0 Å². The second-order valence-electron chi connectivity index (χ2n) is 13.2. The Kier molecular flexibility index (Phi) is 9.52. The van der Waals surface area contributed by atoms with E-state index in [0.29, 0.717) is 36.4 Å². The van der Waals surface area contributed by atoms with Gasteiger partial charge in [0.25, 0.3) is 0 Å². The predicted molar refractivity (Wildman–Crippen MR) is 169 cm³/mol. The highest BCUT2D eigenvalue weighted by molar-refractivity contribution is 5.88. The lowest BCUT2D eigenvalue weighted by molar-refractivity contribution is -0.143. The van der Waals surface area contributed by atoms with Gasteiger partial charge in [-0.2, -0.15) is 26.3 Å². The average molecular weight is 691 g/mol. The van der Waals surface area contributed by atoms with Crippen LogP contribution in [-0.4, -0.2) is 48.8 Å². The van der Waals surface area contributed by atoms with Crippen LogP contribution in [0.3, 0.4) is 0 Å². The molecule has 1 saturated heterocycles. The SMILES string of the molecule is COC(=O)c1ccc(-c2ccc(OC)c(C3=C(CN4C(=O)O[C@H](c5cc(C(F)(F)F)cc(C(F)(F)F)c5)C4C)CC(C)(C)CC3)c2)c(C)n1. The predicted octanol–water partition coefficient (Wildman–Crippen LogP) is 9.44. The molecule has 5 rings (SSSR count). The Morgan fingerprint density at radius 2 is 1.63 bits per heavy atom. The molecule has 3 aromatic rings. The van der Waals surface area contributed by atoms with Crippen LogP contribution < -0.4 is 4.74 Å². The number of nitrogens with zero attached hydrogens (tertiary/aromatic N) is 2. The number of amides is 1. The number of cyclic esters (lactones) is 1. The van der Waals surface area contributed by atoms with Crippen LogP contribution in [0.5, 0.6) is 5.75 Å². The number of allylic oxidation sites excluding steroid dienone is 1. The molecule has 1 aromatic heterocycles. The molecule has 262 valence electrons. The van der Waals surface area contributed by atoms with Crippen molar-refractivity contribution in [3.63, 3.8) is 0 Å². The van der Waals surface area contributed by atoms with Crippen LogP contribution >= 0.6 is 0 Å². The highest BCUT2D eigenvalue weighted by Crippen LogP contribution is 2.47.